The van der Waals surface area contributed by atoms with E-state index in [1.165, 1.54) is 0 Å². The van der Waals surface area contributed by atoms with Crippen molar-refractivity contribution in [3.05, 3.63) is 60.7 Å². The smallest absolute Gasteiger partial charge is 0.130 e. The van der Waals surface area contributed by atoms with Crippen molar-refractivity contribution in [3.8, 4) is 22.4 Å². The fourth-order valence-corrected chi connectivity index (χ4v) is 2.46. The number of hydrogen-bond donors (Lipinski definition) is 1. The van der Waals surface area contributed by atoms with Gasteiger partial charge in [0, 0.05) is 43.2 Å². The number of hydrogen-bond acceptors (Lipinski definition) is 5. The van der Waals surface area contributed by atoms with Crippen LogP contribution in [-0.4, -0.2) is 35.2 Å². The average Bonchev–Trinajstić information content (AvgIpc) is 2.62. The zero-order valence-electron chi connectivity index (χ0n) is 13.9. The molecular formula is C19H20N4O. The fourth-order valence-electron chi connectivity index (χ4n) is 2.46. The van der Waals surface area contributed by atoms with E-state index in [1.807, 2.05) is 43.6 Å². The second-order valence-corrected chi connectivity index (χ2v) is 5.43. The standard InChI is InChI=1S/C19H20N4O/c1-14-22-18(11-19(23-14)21-8-9-24-2)17-10-16(12-20-13-17)15-6-4-3-5-7-15/h3-7,10-13H,8-9H2,1-2H3,(H,21,22,23). The van der Waals surface area contributed by atoms with Crippen molar-refractivity contribution < 1.29 is 4.74 Å². The first-order valence-electron chi connectivity index (χ1n) is 7.85. The molecule has 0 aliphatic carbocycles. The third kappa shape index (κ3) is 3.94. The van der Waals surface area contributed by atoms with Crippen LogP contribution in [0, 0.1) is 6.92 Å². The summed E-state index contributed by atoms with van der Waals surface area (Å²) in [6.07, 6.45) is 3.69. The van der Waals surface area contributed by atoms with Crippen LogP contribution >= 0.6 is 0 Å². The second kappa shape index (κ2) is 7.66. The number of aryl methyl sites for hydroxylation is 1. The van der Waals surface area contributed by atoms with Crippen LogP contribution in [0.1, 0.15) is 5.82 Å². The van der Waals surface area contributed by atoms with Crippen LogP contribution in [0.2, 0.25) is 0 Å². The molecule has 2 aromatic heterocycles. The lowest BCUT2D eigenvalue weighted by molar-refractivity contribution is 0.210. The lowest BCUT2D eigenvalue weighted by Crippen LogP contribution is -2.09. The summed E-state index contributed by atoms with van der Waals surface area (Å²) < 4.78 is 5.06. The lowest BCUT2D eigenvalue weighted by atomic mass is 10.0. The van der Waals surface area contributed by atoms with Gasteiger partial charge in [-0.1, -0.05) is 30.3 Å². The van der Waals surface area contributed by atoms with Gasteiger partial charge < -0.3 is 10.1 Å². The quantitative estimate of drug-likeness (QED) is 0.704. The summed E-state index contributed by atoms with van der Waals surface area (Å²) in [5, 5.41) is 3.25. The molecule has 0 fully saturated rings. The summed E-state index contributed by atoms with van der Waals surface area (Å²) in [6.45, 7) is 3.22. The lowest BCUT2D eigenvalue weighted by Gasteiger charge is -2.09. The number of aromatic nitrogens is 3. The van der Waals surface area contributed by atoms with E-state index in [0.717, 1.165) is 34.0 Å². The molecule has 0 saturated carbocycles. The maximum Gasteiger partial charge on any atom is 0.130 e. The number of nitrogens with one attached hydrogen (secondary N) is 1. The molecular weight excluding hydrogens is 300 g/mol. The van der Waals surface area contributed by atoms with E-state index in [-0.39, 0.29) is 0 Å². The fraction of sp³-hybridized carbons (Fsp3) is 0.211. The van der Waals surface area contributed by atoms with E-state index in [2.05, 4.69) is 38.5 Å². The maximum absolute atomic E-state index is 5.06. The van der Waals surface area contributed by atoms with Gasteiger partial charge in [0.15, 0.2) is 0 Å². The minimum Gasteiger partial charge on any atom is -0.383 e. The van der Waals surface area contributed by atoms with Crippen molar-refractivity contribution >= 4 is 5.82 Å². The summed E-state index contributed by atoms with van der Waals surface area (Å²) >= 11 is 0. The number of anilines is 1. The molecule has 5 heteroatoms. The molecule has 1 aromatic carbocycles. The predicted molar refractivity (Wildman–Crippen MR) is 95.8 cm³/mol. The van der Waals surface area contributed by atoms with Gasteiger partial charge in [-0.3, -0.25) is 4.98 Å². The Hall–Kier alpha value is -2.79. The molecule has 0 radical (unpaired) electrons. The topological polar surface area (TPSA) is 59.9 Å². The van der Waals surface area contributed by atoms with E-state index in [0.29, 0.717) is 13.2 Å². The van der Waals surface area contributed by atoms with Crippen molar-refractivity contribution in [1.82, 2.24) is 15.0 Å². The molecule has 1 N–H and O–H groups in total. The highest BCUT2D eigenvalue weighted by Crippen LogP contribution is 2.25. The Morgan fingerprint density at radius 3 is 2.54 bits per heavy atom. The molecule has 0 atom stereocenters. The maximum atomic E-state index is 5.06. The third-order valence-electron chi connectivity index (χ3n) is 3.59. The Balaban J connectivity index is 1.91. The molecule has 0 bridgehead atoms. The van der Waals surface area contributed by atoms with Crippen LogP contribution < -0.4 is 5.32 Å². The molecule has 0 aliphatic heterocycles. The van der Waals surface area contributed by atoms with Crippen molar-refractivity contribution in [1.29, 1.82) is 0 Å². The van der Waals surface area contributed by atoms with Gasteiger partial charge in [-0.15, -0.1) is 0 Å². The Morgan fingerprint density at radius 2 is 1.75 bits per heavy atom. The largest absolute Gasteiger partial charge is 0.383 e. The highest BCUT2D eigenvalue weighted by Gasteiger charge is 2.07. The first-order chi connectivity index (χ1) is 11.8. The molecule has 122 valence electrons. The molecule has 3 aromatic rings. The van der Waals surface area contributed by atoms with Gasteiger partial charge in [0.2, 0.25) is 0 Å². The number of benzene rings is 1. The minimum atomic E-state index is 0.628. The Labute approximate surface area is 141 Å². The highest BCUT2D eigenvalue weighted by atomic mass is 16.5. The average molecular weight is 320 g/mol. The molecule has 0 amide bonds. The summed E-state index contributed by atoms with van der Waals surface area (Å²) in [6, 6.07) is 14.2. The number of pyridine rings is 1. The third-order valence-corrected chi connectivity index (χ3v) is 3.59. The molecule has 24 heavy (non-hydrogen) atoms. The molecule has 0 unspecified atom stereocenters. The molecule has 0 aliphatic rings. The van der Waals surface area contributed by atoms with Crippen molar-refractivity contribution in [2.75, 3.05) is 25.6 Å². The van der Waals surface area contributed by atoms with Crippen LogP contribution in [0.4, 0.5) is 5.82 Å². The van der Waals surface area contributed by atoms with Gasteiger partial charge in [0.25, 0.3) is 0 Å². The first-order valence-corrected chi connectivity index (χ1v) is 7.85. The number of methoxy groups -OCH3 is 1. The second-order valence-electron chi connectivity index (χ2n) is 5.43. The normalized spacial score (nSPS) is 10.6. The highest BCUT2D eigenvalue weighted by molar-refractivity contribution is 5.70. The summed E-state index contributed by atoms with van der Waals surface area (Å²) in [5.74, 6) is 1.51. The van der Waals surface area contributed by atoms with Gasteiger partial charge in [-0.05, 0) is 18.6 Å². The molecule has 3 rings (SSSR count). The Bertz CT molecular complexity index is 805. The van der Waals surface area contributed by atoms with E-state index in [9.17, 15) is 0 Å². The number of nitrogens with zero attached hydrogens (tertiary/aromatic N) is 3. The van der Waals surface area contributed by atoms with E-state index < -0.39 is 0 Å². The van der Waals surface area contributed by atoms with Gasteiger partial charge >= 0.3 is 0 Å². The van der Waals surface area contributed by atoms with Crippen LogP contribution in [0.25, 0.3) is 22.4 Å². The zero-order valence-corrected chi connectivity index (χ0v) is 13.9. The van der Waals surface area contributed by atoms with Gasteiger partial charge in [-0.25, -0.2) is 9.97 Å². The number of rotatable bonds is 6. The van der Waals surface area contributed by atoms with Crippen molar-refractivity contribution in [2.45, 2.75) is 6.92 Å². The SMILES string of the molecule is COCCNc1cc(-c2cncc(-c3ccccc3)c2)nc(C)n1. The Morgan fingerprint density at radius 1 is 0.958 bits per heavy atom. The van der Waals surface area contributed by atoms with Crippen LogP contribution in [0.5, 0.6) is 0 Å². The van der Waals surface area contributed by atoms with Crippen LogP contribution in [0.3, 0.4) is 0 Å². The number of ether oxygens (including phenoxy) is 1. The zero-order chi connectivity index (χ0) is 16.8. The van der Waals surface area contributed by atoms with Crippen molar-refractivity contribution in [3.63, 3.8) is 0 Å². The van der Waals surface area contributed by atoms with Crippen LogP contribution in [-0.2, 0) is 4.74 Å². The van der Waals surface area contributed by atoms with E-state index in [4.69, 9.17) is 4.74 Å². The monoisotopic (exact) mass is 320 g/mol. The van der Waals surface area contributed by atoms with E-state index in [1.54, 1.807) is 7.11 Å². The minimum absolute atomic E-state index is 0.628. The summed E-state index contributed by atoms with van der Waals surface area (Å²) in [5.41, 5.74) is 4.03. The van der Waals surface area contributed by atoms with E-state index >= 15 is 0 Å². The summed E-state index contributed by atoms with van der Waals surface area (Å²) in [4.78, 5) is 13.3. The Kier molecular flexibility index (Phi) is 5.13. The molecule has 2 heterocycles. The van der Waals surface area contributed by atoms with Gasteiger partial charge in [0.05, 0.1) is 12.3 Å². The first kappa shape index (κ1) is 16.1. The molecule has 0 spiro atoms. The van der Waals surface area contributed by atoms with Gasteiger partial charge in [-0.2, -0.15) is 0 Å². The van der Waals surface area contributed by atoms with Gasteiger partial charge in [0.1, 0.15) is 11.6 Å². The van der Waals surface area contributed by atoms with Crippen LogP contribution in [0.15, 0.2) is 54.9 Å². The molecule has 0 saturated heterocycles. The van der Waals surface area contributed by atoms with Crippen molar-refractivity contribution in [2.24, 2.45) is 0 Å². The molecule has 5 nitrogen and oxygen atoms in total. The predicted octanol–water partition coefficient (Wildman–Crippen LogP) is 3.57. The summed E-state index contributed by atoms with van der Waals surface area (Å²) in [7, 11) is 1.68.